The largest absolute Gasteiger partial charge is 0.341 e. The molecule has 23 heavy (non-hydrogen) atoms. The first-order chi connectivity index (χ1) is 11.1. The van der Waals surface area contributed by atoms with Crippen molar-refractivity contribution in [1.82, 2.24) is 9.80 Å². The molecule has 0 aliphatic carbocycles. The molecule has 1 unspecified atom stereocenters. The van der Waals surface area contributed by atoms with Gasteiger partial charge >= 0.3 is 0 Å². The topological polar surface area (TPSA) is 40.6 Å². The fourth-order valence-corrected chi connectivity index (χ4v) is 3.93. The van der Waals surface area contributed by atoms with Gasteiger partial charge in [-0.1, -0.05) is 37.3 Å². The summed E-state index contributed by atoms with van der Waals surface area (Å²) in [5.74, 6) is 1.01. The molecule has 0 aromatic heterocycles. The zero-order chi connectivity index (χ0) is 16.2. The van der Waals surface area contributed by atoms with Gasteiger partial charge < -0.3 is 9.80 Å². The van der Waals surface area contributed by atoms with Crippen LogP contribution in [0.3, 0.4) is 0 Å². The zero-order valence-electron chi connectivity index (χ0n) is 13.4. The Kier molecular flexibility index (Phi) is 5.06. The molecule has 122 valence electrons. The maximum absolute atomic E-state index is 12.6. The summed E-state index contributed by atoms with van der Waals surface area (Å²) in [6, 6.07) is 9.81. The summed E-state index contributed by atoms with van der Waals surface area (Å²) in [5.41, 5.74) is 1.82. The normalized spacial score (nSPS) is 22.0. The Bertz CT molecular complexity index is 615. The molecule has 0 spiro atoms. The van der Waals surface area contributed by atoms with Gasteiger partial charge in [0.2, 0.25) is 11.8 Å². The molecule has 1 fully saturated rings. The maximum Gasteiger partial charge on any atom is 0.242 e. The Hall–Kier alpha value is -1.75. The fourth-order valence-electron chi connectivity index (χ4n) is 3.13. The number of benzene rings is 1. The standard InChI is InChI=1S/C18H22N2O2S/c1-14-6-5-9-19(10-14)17(21)11-20-16(12-23-13-18(20)22)15-7-3-2-4-8-15/h2-4,7-8,12,14H,5-6,9-11,13H2,1H3. The van der Waals surface area contributed by atoms with Gasteiger partial charge in [-0.2, -0.15) is 0 Å². The van der Waals surface area contributed by atoms with Crippen molar-refractivity contribution in [2.75, 3.05) is 25.4 Å². The summed E-state index contributed by atoms with van der Waals surface area (Å²) < 4.78 is 0. The van der Waals surface area contributed by atoms with E-state index in [0.717, 1.165) is 30.8 Å². The second kappa shape index (κ2) is 7.21. The number of thioether (sulfide) groups is 1. The van der Waals surface area contributed by atoms with Gasteiger partial charge in [-0.25, -0.2) is 0 Å². The highest BCUT2D eigenvalue weighted by molar-refractivity contribution is 8.03. The molecule has 5 heteroatoms. The third kappa shape index (κ3) is 3.78. The lowest BCUT2D eigenvalue weighted by Crippen LogP contribution is -2.46. The molecule has 1 aromatic carbocycles. The maximum atomic E-state index is 12.6. The van der Waals surface area contributed by atoms with Crippen LogP contribution in [0.1, 0.15) is 25.3 Å². The summed E-state index contributed by atoms with van der Waals surface area (Å²) in [4.78, 5) is 28.5. The first-order valence-electron chi connectivity index (χ1n) is 8.10. The molecule has 2 amide bonds. The van der Waals surface area contributed by atoms with E-state index < -0.39 is 0 Å². The van der Waals surface area contributed by atoms with Gasteiger partial charge in [0, 0.05) is 13.1 Å². The first kappa shape index (κ1) is 16.1. The van der Waals surface area contributed by atoms with E-state index in [2.05, 4.69) is 6.92 Å². The molecule has 1 saturated heterocycles. The Morgan fingerprint density at radius 3 is 2.83 bits per heavy atom. The molecular formula is C18H22N2O2S. The SMILES string of the molecule is CC1CCCN(C(=O)CN2C(=O)CSC=C2c2ccccc2)C1. The van der Waals surface area contributed by atoms with Gasteiger partial charge in [0.15, 0.2) is 0 Å². The minimum atomic E-state index is 0.00904. The van der Waals surface area contributed by atoms with E-state index in [9.17, 15) is 9.59 Å². The number of hydrogen-bond acceptors (Lipinski definition) is 3. The molecule has 0 saturated carbocycles. The van der Waals surface area contributed by atoms with E-state index >= 15 is 0 Å². The molecule has 4 nitrogen and oxygen atoms in total. The highest BCUT2D eigenvalue weighted by Crippen LogP contribution is 2.28. The van der Waals surface area contributed by atoms with Crippen LogP contribution >= 0.6 is 11.8 Å². The van der Waals surface area contributed by atoms with E-state index in [1.165, 1.54) is 18.2 Å². The van der Waals surface area contributed by atoms with Crippen LogP contribution in [0, 0.1) is 5.92 Å². The van der Waals surface area contributed by atoms with Crippen LogP contribution in [0.2, 0.25) is 0 Å². The molecule has 1 atom stereocenters. The van der Waals surface area contributed by atoms with Crippen molar-refractivity contribution in [3.8, 4) is 0 Å². The van der Waals surface area contributed by atoms with Crippen LogP contribution in [0.15, 0.2) is 35.7 Å². The highest BCUT2D eigenvalue weighted by atomic mass is 32.2. The lowest BCUT2D eigenvalue weighted by molar-refractivity contribution is -0.138. The lowest BCUT2D eigenvalue weighted by Gasteiger charge is -2.34. The van der Waals surface area contributed by atoms with Crippen LogP contribution in [0.25, 0.3) is 5.70 Å². The van der Waals surface area contributed by atoms with Crippen LogP contribution in [-0.2, 0) is 9.59 Å². The third-order valence-electron chi connectivity index (χ3n) is 4.37. The number of likely N-dealkylation sites (tertiary alicyclic amines) is 1. The Morgan fingerprint density at radius 2 is 2.09 bits per heavy atom. The lowest BCUT2D eigenvalue weighted by atomic mass is 10.0. The molecule has 0 N–H and O–H groups in total. The van der Waals surface area contributed by atoms with Gasteiger partial charge in [-0.15, -0.1) is 11.8 Å². The first-order valence-corrected chi connectivity index (χ1v) is 9.15. The van der Waals surface area contributed by atoms with Crippen molar-refractivity contribution < 1.29 is 9.59 Å². The van der Waals surface area contributed by atoms with Crippen molar-refractivity contribution in [3.63, 3.8) is 0 Å². The zero-order valence-corrected chi connectivity index (χ0v) is 14.2. The number of hydrogen-bond donors (Lipinski definition) is 0. The van der Waals surface area contributed by atoms with E-state index in [1.54, 1.807) is 4.90 Å². The molecule has 2 heterocycles. The highest BCUT2D eigenvalue weighted by Gasteiger charge is 2.28. The number of rotatable bonds is 3. The van der Waals surface area contributed by atoms with Crippen LogP contribution in [-0.4, -0.2) is 47.0 Å². The predicted octanol–water partition coefficient (Wildman–Crippen LogP) is 2.82. The van der Waals surface area contributed by atoms with Gasteiger partial charge in [-0.3, -0.25) is 9.59 Å². The summed E-state index contributed by atoms with van der Waals surface area (Å²) in [5, 5.41) is 1.99. The Morgan fingerprint density at radius 1 is 1.30 bits per heavy atom. The molecule has 1 aromatic rings. The van der Waals surface area contributed by atoms with Crippen LogP contribution < -0.4 is 0 Å². The quantitative estimate of drug-likeness (QED) is 0.856. The van der Waals surface area contributed by atoms with E-state index in [1.807, 2.05) is 40.6 Å². The van der Waals surface area contributed by atoms with E-state index in [0.29, 0.717) is 11.7 Å². The van der Waals surface area contributed by atoms with Crippen molar-refractivity contribution >= 4 is 29.3 Å². The summed E-state index contributed by atoms with van der Waals surface area (Å²) in [6.07, 6.45) is 2.23. The summed E-state index contributed by atoms with van der Waals surface area (Å²) >= 11 is 1.49. The second-order valence-corrected chi connectivity index (χ2v) is 7.10. The molecule has 3 rings (SSSR count). The number of nitrogens with zero attached hydrogens (tertiary/aromatic N) is 2. The van der Waals surface area contributed by atoms with E-state index in [-0.39, 0.29) is 18.4 Å². The van der Waals surface area contributed by atoms with Crippen LogP contribution in [0.5, 0.6) is 0 Å². The summed E-state index contributed by atoms with van der Waals surface area (Å²) in [7, 11) is 0. The van der Waals surface area contributed by atoms with Gasteiger partial charge in [-0.05, 0) is 29.7 Å². The molecule has 0 radical (unpaired) electrons. The average Bonchev–Trinajstić information content (AvgIpc) is 2.57. The molecular weight excluding hydrogens is 308 g/mol. The van der Waals surface area contributed by atoms with Crippen molar-refractivity contribution in [1.29, 1.82) is 0 Å². The fraction of sp³-hybridized carbons (Fsp3) is 0.444. The predicted molar refractivity (Wildman–Crippen MR) is 93.6 cm³/mol. The van der Waals surface area contributed by atoms with Gasteiger partial charge in [0.05, 0.1) is 11.4 Å². The smallest absolute Gasteiger partial charge is 0.242 e. The second-order valence-electron chi connectivity index (χ2n) is 6.25. The average molecular weight is 330 g/mol. The van der Waals surface area contributed by atoms with Crippen molar-refractivity contribution in [2.45, 2.75) is 19.8 Å². The molecule has 2 aliphatic rings. The Labute approximate surface area is 141 Å². The van der Waals surface area contributed by atoms with Crippen molar-refractivity contribution in [3.05, 3.63) is 41.3 Å². The van der Waals surface area contributed by atoms with Gasteiger partial charge in [0.25, 0.3) is 0 Å². The Balaban J connectivity index is 1.76. The van der Waals surface area contributed by atoms with Crippen molar-refractivity contribution in [2.24, 2.45) is 5.92 Å². The van der Waals surface area contributed by atoms with Crippen LogP contribution in [0.4, 0.5) is 0 Å². The molecule has 0 bridgehead atoms. The summed E-state index contributed by atoms with van der Waals surface area (Å²) in [6.45, 7) is 3.94. The number of carbonyl (C=O) groups excluding carboxylic acids is 2. The minimum Gasteiger partial charge on any atom is -0.341 e. The number of piperidine rings is 1. The van der Waals surface area contributed by atoms with E-state index in [4.69, 9.17) is 0 Å². The monoisotopic (exact) mass is 330 g/mol. The third-order valence-corrected chi connectivity index (χ3v) is 5.17. The number of amides is 2. The molecule has 2 aliphatic heterocycles. The minimum absolute atomic E-state index is 0.00904. The van der Waals surface area contributed by atoms with Gasteiger partial charge in [0.1, 0.15) is 6.54 Å². The number of carbonyl (C=O) groups is 2.